The number of rotatable bonds is 4. The largest absolute Gasteiger partial charge is 0.312 e. The summed E-state index contributed by atoms with van der Waals surface area (Å²) in [5, 5.41) is 8.08. The van der Waals surface area contributed by atoms with Gasteiger partial charge in [0.25, 0.3) is 0 Å². The van der Waals surface area contributed by atoms with Crippen LogP contribution in [0.15, 0.2) is 24.0 Å². The molecule has 0 radical (unpaired) electrons. The Bertz CT molecular complexity index is 417. The normalized spacial score (nSPS) is 17.2. The van der Waals surface area contributed by atoms with Crippen molar-refractivity contribution in [3.63, 3.8) is 0 Å². The van der Waals surface area contributed by atoms with Crippen molar-refractivity contribution in [2.75, 3.05) is 13.1 Å². The quantitative estimate of drug-likeness (QED) is 0.816. The van der Waals surface area contributed by atoms with Gasteiger partial charge in [0.15, 0.2) is 0 Å². The molecule has 16 heavy (non-hydrogen) atoms. The third-order valence-electron chi connectivity index (χ3n) is 2.62. The van der Waals surface area contributed by atoms with E-state index in [1.165, 1.54) is 0 Å². The van der Waals surface area contributed by atoms with Crippen molar-refractivity contribution in [2.24, 2.45) is 4.99 Å². The van der Waals surface area contributed by atoms with Gasteiger partial charge in [-0.2, -0.15) is 5.10 Å². The Morgan fingerprint density at radius 1 is 1.75 bits per heavy atom. The van der Waals surface area contributed by atoms with E-state index in [1.54, 1.807) is 6.20 Å². The fraction of sp³-hybridized carbons (Fsp3) is 0.455. The maximum absolute atomic E-state index is 5.87. The van der Waals surface area contributed by atoms with Gasteiger partial charge in [-0.1, -0.05) is 25.1 Å². The lowest BCUT2D eigenvalue weighted by Gasteiger charge is -2.27. The number of halogens is 1. The van der Waals surface area contributed by atoms with Crippen molar-refractivity contribution in [3.05, 3.63) is 24.5 Å². The van der Waals surface area contributed by atoms with Crippen LogP contribution in [-0.2, 0) is 0 Å². The van der Waals surface area contributed by atoms with E-state index >= 15 is 0 Å². The molecule has 0 bridgehead atoms. The van der Waals surface area contributed by atoms with Crippen LogP contribution in [0.5, 0.6) is 0 Å². The maximum atomic E-state index is 5.87. The summed E-state index contributed by atoms with van der Waals surface area (Å²) < 4.78 is 1.95. The third-order valence-corrected chi connectivity index (χ3v) is 2.97. The molecular formula is C11H15ClN4. The molecule has 1 aliphatic rings. The Balaban J connectivity index is 2.09. The highest BCUT2D eigenvalue weighted by atomic mass is 35.5. The fourth-order valence-corrected chi connectivity index (χ4v) is 1.54. The summed E-state index contributed by atoms with van der Waals surface area (Å²) in [5.41, 5.74) is 1.60. The first kappa shape index (κ1) is 11.4. The maximum Gasteiger partial charge on any atom is 0.106 e. The molecule has 0 unspecified atom stereocenters. The van der Waals surface area contributed by atoms with Crippen LogP contribution in [-0.4, -0.2) is 28.0 Å². The number of aromatic nitrogens is 2. The highest BCUT2D eigenvalue weighted by Crippen LogP contribution is 2.17. The van der Waals surface area contributed by atoms with E-state index in [1.807, 2.05) is 17.8 Å². The van der Waals surface area contributed by atoms with Gasteiger partial charge < -0.3 is 5.32 Å². The summed E-state index contributed by atoms with van der Waals surface area (Å²) in [7, 11) is 0. The highest BCUT2D eigenvalue weighted by Gasteiger charge is 2.19. The van der Waals surface area contributed by atoms with E-state index in [4.69, 9.17) is 11.6 Å². The second kappa shape index (κ2) is 4.80. The van der Waals surface area contributed by atoms with Crippen molar-refractivity contribution in [3.8, 4) is 0 Å². The van der Waals surface area contributed by atoms with Crippen molar-refractivity contribution in [2.45, 2.75) is 19.4 Å². The predicted molar refractivity (Wildman–Crippen MR) is 66.7 cm³/mol. The number of nitrogens with zero attached hydrogens (tertiary/aromatic N) is 3. The topological polar surface area (TPSA) is 42.2 Å². The molecule has 2 rings (SSSR count). The molecule has 0 aromatic carbocycles. The minimum atomic E-state index is 0.465. The van der Waals surface area contributed by atoms with Gasteiger partial charge in [-0.05, 0) is 6.42 Å². The van der Waals surface area contributed by atoms with E-state index in [-0.39, 0.29) is 0 Å². The lowest BCUT2D eigenvalue weighted by Crippen LogP contribution is -2.43. The van der Waals surface area contributed by atoms with E-state index in [0.717, 1.165) is 25.1 Å². The van der Waals surface area contributed by atoms with Gasteiger partial charge in [0.1, 0.15) is 5.17 Å². The van der Waals surface area contributed by atoms with E-state index in [9.17, 15) is 0 Å². The van der Waals surface area contributed by atoms with Gasteiger partial charge in [0, 0.05) is 24.8 Å². The molecule has 2 heterocycles. The summed E-state index contributed by atoms with van der Waals surface area (Å²) in [6, 6.07) is 0.465. The highest BCUT2D eigenvalue weighted by molar-refractivity contribution is 6.65. The van der Waals surface area contributed by atoms with Crippen LogP contribution >= 0.6 is 11.6 Å². The van der Waals surface area contributed by atoms with Gasteiger partial charge in [-0.25, -0.2) is 4.99 Å². The number of aliphatic imine (C=N–C) groups is 1. The van der Waals surface area contributed by atoms with Crippen molar-refractivity contribution in [1.82, 2.24) is 15.1 Å². The van der Waals surface area contributed by atoms with E-state index in [2.05, 4.69) is 22.0 Å². The zero-order valence-electron chi connectivity index (χ0n) is 9.28. The van der Waals surface area contributed by atoms with Crippen LogP contribution in [0.1, 0.15) is 24.9 Å². The van der Waals surface area contributed by atoms with Crippen LogP contribution in [0.3, 0.4) is 0 Å². The van der Waals surface area contributed by atoms with E-state index in [0.29, 0.717) is 16.9 Å². The Morgan fingerprint density at radius 3 is 3.06 bits per heavy atom. The molecule has 86 valence electrons. The molecule has 1 aromatic heterocycles. The molecular weight excluding hydrogens is 224 g/mol. The molecule has 1 saturated heterocycles. The summed E-state index contributed by atoms with van der Waals surface area (Å²) in [5.74, 6) is 0. The standard InChI is InChI=1S/C11H15ClN4/c1-3-11(12)15-8(2)9-4-14-16(7-9)10-5-13-6-10/h4,7,10,13H,2-3,5-6H2,1H3/b15-11+. The molecule has 0 spiro atoms. The molecule has 0 amide bonds. The molecule has 4 nitrogen and oxygen atoms in total. The Kier molecular flexibility index (Phi) is 3.41. The zero-order valence-corrected chi connectivity index (χ0v) is 10.0. The number of hydrogen-bond donors (Lipinski definition) is 1. The second-order valence-corrected chi connectivity index (χ2v) is 4.25. The molecule has 1 fully saturated rings. The molecule has 5 heteroatoms. The van der Waals surface area contributed by atoms with Crippen LogP contribution in [0, 0.1) is 0 Å². The van der Waals surface area contributed by atoms with Gasteiger partial charge in [-0.15, -0.1) is 0 Å². The summed E-state index contributed by atoms with van der Waals surface area (Å²) in [6.07, 6.45) is 4.47. The zero-order chi connectivity index (χ0) is 11.5. The Morgan fingerprint density at radius 2 is 2.50 bits per heavy atom. The van der Waals surface area contributed by atoms with Gasteiger partial charge in [0.05, 0.1) is 17.9 Å². The molecule has 1 N–H and O–H groups in total. The van der Waals surface area contributed by atoms with Crippen molar-refractivity contribution < 1.29 is 0 Å². The van der Waals surface area contributed by atoms with Crippen LogP contribution in [0.2, 0.25) is 0 Å². The number of nitrogens with one attached hydrogen (secondary N) is 1. The fourth-order valence-electron chi connectivity index (χ4n) is 1.44. The Hall–Kier alpha value is -1.13. The van der Waals surface area contributed by atoms with Crippen molar-refractivity contribution in [1.29, 1.82) is 0 Å². The molecule has 0 saturated carbocycles. The first-order valence-corrected chi connectivity index (χ1v) is 5.75. The van der Waals surface area contributed by atoms with Crippen LogP contribution in [0.25, 0.3) is 5.70 Å². The molecule has 0 atom stereocenters. The van der Waals surface area contributed by atoms with Crippen molar-refractivity contribution >= 4 is 22.5 Å². The molecule has 0 aliphatic carbocycles. The monoisotopic (exact) mass is 238 g/mol. The smallest absolute Gasteiger partial charge is 0.106 e. The molecule has 1 aromatic rings. The van der Waals surface area contributed by atoms with E-state index < -0.39 is 0 Å². The Labute approximate surface area is 100 Å². The SMILES string of the molecule is C=C(/N=C(/Cl)CC)c1cnn(C2CNC2)c1. The summed E-state index contributed by atoms with van der Waals surface area (Å²) >= 11 is 5.87. The lowest BCUT2D eigenvalue weighted by molar-refractivity contribution is 0.318. The third kappa shape index (κ3) is 2.33. The summed E-state index contributed by atoms with van der Waals surface area (Å²) in [4.78, 5) is 4.20. The van der Waals surface area contributed by atoms with Crippen LogP contribution < -0.4 is 5.32 Å². The minimum Gasteiger partial charge on any atom is -0.312 e. The first-order chi connectivity index (χ1) is 7.70. The average Bonchev–Trinajstić information content (AvgIpc) is 2.64. The lowest BCUT2D eigenvalue weighted by atomic mass is 10.2. The van der Waals surface area contributed by atoms with Crippen LogP contribution in [0.4, 0.5) is 0 Å². The van der Waals surface area contributed by atoms with Gasteiger partial charge in [0.2, 0.25) is 0 Å². The second-order valence-electron chi connectivity index (χ2n) is 3.81. The average molecular weight is 239 g/mol. The predicted octanol–water partition coefficient (Wildman–Crippen LogP) is 2.05. The number of hydrogen-bond acceptors (Lipinski definition) is 3. The van der Waals surface area contributed by atoms with Gasteiger partial charge >= 0.3 is 0 Å². The summed E-state index contributed by atoms with van der Waals surface area (Å²) in [6.45, 7) is 7.81. The molecule has 1 aliphatic heterocycles. The minimum absolute atomic E-state index is 0.465. The first-order valence-electron chi connectivity index (χ1n) is 5.38. The van der Waals surface area contributed by atoms with Gasteiger partial charge in [-0.3, -0.25) is 4.68 Å².